The predicted octanol–water partition coefficient (Wildman–Crippen LogP) is -2.71. The van der Waals surface area contributed by atoms with E-state index < -0.39 is 72.6 Å². The fourth-order valence-corrected chi connectivity index (χ4v) is 3.01. The molecule has 0 saturated carbocycles. The summed E-state index contributed by atoms with van der Waals surface area (Å²) < 4.78 is 0. The third-order valence-corrected chi connectivity index (χ3v) is 5.41. The summed E-state index contributed by atoms with van der Waals surface area (Å²) >= 11 is 0. The van der Waals surface area contributed by atoms with Gasteiger partial charge in [0.2, 0.25) is 17.7 Å². The Bertz CT molecular complexity index is 861. The number of carboxylic acids is 3. The summed E-state index contributed by atoms with van der Waals surface area (Å²) in [5, 5.41) is 34.2. The number of amides is 3. The second-order valence-corrected chi connectivity index (χ2v) is 8.41. The normalized spacial score (nSPS) is 14.7. The van der Waals surface area contributed by atoms with Crippen LogP contribution in [0.4, 0.5) is 0 Å². The molecule has 210 valence electrons. The molecule has 0 saturated heterocycles. The Morgan fingerprint density at radius 1 is 0.811 bits per heavy atom. The molecular weight excluding hydrogens is 494 g/mol. The number of nitrogens with two attached hydrogens (primary N) is 3. The molecule has 0 fully saturated rings. The first-order valence-electron chi connectivity index (χ1n) is 11.6. The van der Waals surface area contributed by atoms with Crippen LogP contribution in [-0.2, 0) is 28.8 Å². The third-order valence-electron chi connectivity index (χ3n) is 5.41. The highest BCUT2D eigenvalue weighted by atomic mass is 16.4. The van der Waals surface area contributed by atoms with Crippen LogP contribution in [0.5, 0.6) is 0 Å². The summed E-state index contributed by atoms with van der Waals surface area (Å²) in [4.78, 5) is 75.6. The van der Waals surface area contributed by atoms with E-state index in [9.17, 15) is 39.0 Å². The van der Waals surface area contributed by atoms with Crippen LogP contribution in [0.25, 0.3) is 0 Å². The summed E-state index contributed by atoms with van der Waals surface area (Å²) in [6.07, 6.45) is -1.18. The molecule has 12 N–H and O–H groups in total. The Morgan fingerprint density at radius 3 is 1.84 bits per heavy atom. The van der Waals surface area contributed by atoms with Crippen molar-refractivity contribution in [2.75, 3.05) is 6.54 Å². The molecule has 5 unspecified atom stereocenters. The number of guanidine groups is 1. The average molecular weight is 532 g/mol. The van der Waals surface area contributed by atoms with Gasteiger partial charge in [0.15, 0.2) is 5.96 Å². The van der Waals surface area contributed by atoms with Crippen molar-refractivity contribution in [1.82, 2.24) is 16.0 Å². The van der Waals surface area contributed by atoms with E-state index in [1.54, 1.807) is 13.8 Å². The average Bonchev–Trinajstić information content (AvgIpc) is 2.80. The molecule has 0 aliphatic heterocycles. The molecule has 0 bridgehead atoms. The first-order valence-corrected chi connectivity index (χ1v) is 11.6. The molecule has 0 aliphatic rings. The maximum atomic E-state index is 12.9. The summed E-state index contributed by atoms with van der Waals surface area (Å²) in [6.45, 7) is 3.59. The number of carbonyl (C=O) groups is 6. The van der Waals surface area contributed by atoms with Crippen molar-refractivity contribution in [2.45, 2.75) is 76.5 Å². The van der Waals surface area contributed by atoms with Crippen LogP contribution in [0.3, 0.4) is 0 Å². The summed E-state index contributed by atoms with van der Waals surface area (Å²) in [7, 11) is 0. The second-order valence-electron chi connectivity index (χ2n) is 8.41. The number of hydrogen-bond acceptors (Lipinski definition) is 8. The molecule has 0 aromatic heterocycles. The van der Waals surface area contributed by atoms with Gasteiger partial charge in [-0.3, -0.25) is 29.0 Å². The van der Waals surface area contributed by atoms with Crippen molar-refractivity contribution < 1.29 is 44.1 Å². The molecule has 0 rings (SSSR count). The standard InChI is InChI=1S/C21H37N7O9/c1-3-10(2)16(22)19(35)26-11(6-7-14(29)30)17(33)28-13(9-15(31)32)18(34)27-12(20(36)37)5-4-8-25-21(23)24/h10-13,16H,3-9,22H2,1-2H3,(H,26,35)(H,27,34)(H,28,33)(H,29,30)(H,31,32)(H,36,37)(H4,23,24,25). The molecule has 0 heterocycles. The lowest BCUT2D eigenvalue weighted by atomic mass is 9.98. The molecule has 0 spiro atoms. The zero-order chi connectivity index (χ0) is 28.7. The highest BCUT2D eigenvalue weighted by Gasteiger charge is 2.32. The van der Waals surface area contributed by atoms with Gasteiger partial charge in [-0.05, 0) is 25.2 Å². The first kappa shape index (κ1) is 33.0. The zero-order valence-electron chi connectivity index (χ0n) is 20.8. The number of hydrogen-bond donors (Lipinski definition) is 9. The fraction of sp³-hybridized carbons (Fsp3) is 0.667. The fourth-order valence-electron chi connectivity index (χ4n) is 3.01. The maximum Gasteiger partial charge on any atom is 0.326 e. The molecule has 5 atom stereocenters. The molecule has 0 aromatic rings. The SMILES string of the molecule is CCC(C)C(N)C(=O)NC(CCC(=O)O)C(=O)NC(CC(=O)O)C(=O)NC(CCCN=C(N)N)C(=O)O. The van der Waals surface area contributed by atoms with E-state index >= 15 is 0 Å². The number of nitrogens with one attached hydrogen (secondary N) is 3. The van der Waals surface area contributed by atoms with Gasteiger partial charge in [-0.2, -0.15) is 0 Å². The molecular formula is C21H37N7O9. The summed E-state index contributed by atoms with van der Waals surface area (Å²) in [5.74, 6) is -7.48. The lowest BCUT2D eigenvalue weighted by Gasteiger charge is -2.25. The first-order chi connectivity index (χ1) is 17.2. The van der Waals surface area contributed by atoms with Crippen LogP contribution in [0, 0.1) is 5.92 Å². The number of rotatable bonds is 18. The van der Waals surface area contributed by atoms with Crippen LogP contribution < -0.4 is 33.2 Å². The zero-order valence-corrected chi connectivity index (χ0v) is 20.8. The van der Waals surface area contributed by atoms with Crippen molar-refractivity contribution in [3.63, 3.8) is 0 Å². The van der Waals surface area contributed by atoms with Gasteiger partial charge in [0.05, 0.1) is 12.5 Å². The Kier molecular flexibility index (Phi) is 14.9. The summed E-state index contributed by atoms with van der Waals surface area (Å²) in [5.41, 5.74) is 16.2. The van der Waals surface area contributed by atoms with Gasteiger partial charge in [0, 0.05) is 13.0 Å². The monoisotopic (exact) mass is 531 g/mol. The van der Waals surface area contributed by atoms with Crippen LogP contribution >= 0.6 is 0 Å². The van der Waals surface area contributed by atoms with Crippen molar-refractivity contribution in [2.24, 2.45) is 28.1 Å². The highest BCUT2D eigenvalue weighted by molar-refractivity contribution is 5.95. The van der Waals surface area contributed by atoms with Gasteiger partial charge in [-0.15, -0.1) is 0 Å². The van der Waals surface area contributed by atoms with Crippen molar-refractivity contribution in [1.29, 1.82) is 0 Å². The molecule has 0 radical (unpaired) electrons. The Labute approximate surface area is 213 Å². The smallest absolute Gasteiger partial charge is 0.326 e. The molecule has 16 nitrogen and oxygen atoms in total. The number of aliphatic carboxylic acids is 3. The van der Waals surface area contributed by atoms with Crippen LogP contribution in [0.1, 0.15) is 52.4 Å². The number of carbonyl (C=O) groups excluding carboxylic acids is 3. The maximum absolute atomic E-state index is 12.9. The van der Waals surface area contributed by atoms with E-state index in [0.29, 0.717) is 6.42 Å². The quantitative estimate of drug-likeness (QED) is 0.0495. The molecule has 0 aromatic carbocycles. The van der Waals surface area contributed by atoms with Gasteiger partial charge in [0.1, 0.15) is 18.1 Å². The highest BCUT2D eigenvalue weighted by Crippen LogP contribution is 2.08. The molecule has 16 heteroatoms. The molecule has 37 heavy (non-hydrogen) atoms. The Hall–Kier alpha value is -3.95. The van der Waals surface area contributed by atoms with Gasteiger partial charge in [0.25, 0.3) is 0 Å². The molecule has 3 amide bonds. The van der Waals surface area contributed by atoms with Crippen LogP contribution in [-0.4, -0.2) is 87.6 Å². The lowest BCUT2D eigenvalue weighted by molar-refractivity contribution is -0.143. The van der Waals surface area contributed by atoms with Gasteiger partial charge in [-0.25, -0.2) is 4.79 Å². The molecule has 0 aliphatic carbocycles. The predicted molar refractivity (Wildman–Crippen MR) is 130 cm³/mol. The van der Waals surface area contributed by atoms with Crippen LogP contribution in [0.2, 0.25) is 0 Å². The van der Waals surface area contributed by atoms with Crippen molar-refractivity contribution in [3.8, 4) is 0 Å². The van der Waals surface area contributed by atoms with Crippen molar-refractivity contribution >= 4 is 41.6 Å². The van der Waals surface area contributed by atoms with E-state index in [1.807, 2.05) is 0 Å². The number of nitrogens with zero attached hydrogens (tertiary/aromatic N) is 1. The minimum Gasteiger partial charge on any atom is -0.481 e. The second kappa shape index (κ2) is 16.7. The van der Waals surface area contributed by atoms with E-state index in [4.69, 9.17) is 22.3 Å². The Balaban J connectivity index is 5.58. The van der Waals surface area contributed by atoms with E-state index in [0.717, 1.165) is 0 Å². The largest absolute Gasteiger partial charge is 0.481 e. The van der Waals surface area contributed by atoms with Gasteiger partial charge >= 0.3 is 17.9 Å². The van der Waals surface area contributed by atoms with Gasteiger partial charge in [-0.1, -0.05) is 20.3 Å². The number of carboxylic acid groups (broad SMARTS) is 3. The third kappa shape index (κ3) is 13.6. The minimum atomic E-state index is -1.72. The van der Waals surface area contributed by atoms with Crippen LogP contribution in [0.15, 0.2) is 4.99 Å². The topological polar surface area (TPSA) is 290 Å². The van der Waals surface area contributed by atoms with Crippen molar-refractivity contribution in [3.05, 3.63) is 0 Å². The Morgan fingerprint density at radius 2 is 1.35 bits per heavy atom. The minimum absolute atomic E-state index is 0.0843. The number of aliphatic imine (C=N–C) groups is 1. The van der Waals surface area contributed by atoms with E-state index in [1.165, 1.54) is 0 Å². The summed E-state index contributed by atoms with van der Waals surface area (Å²) in [6, 6.07) is -5.61. The van der Waals surface area contributed by atoms with E-state index in [-0.39, 0.29) is 37.7 Å². The van der Waals surface area contributed by atoms with E-state index in [2.05, 4.69) is 20.9 Å². The lowest BCUT2D eigenvalue weighted by Crippen LogP contribution is -2.58. The van der Waals surface area contributed by atoms with Gasteiger partial charge < -0.3 is 48.5 Å².